The van der Waals surface area contributed by atoms with Crippen molar-refractivity contribution in [3.63, 3.8) is 0 Å². The third-order valence-electron chi connectivity index (χ3n) is 1.94. The van der Waals surface area contributed by atoms with Crippen LogP contribution in [-0.2, 0) is 6.42 Å². The number of aryl methyl sites for hydroxylation is 1. The molecular weight excluding hydrogens is 176 g/mol. The Morgan fingerprint density at radius 3 is 2.86 bits per heavy atom. The summed E-state index contributed by atoms with van der Waals surface area (Å²) in [5.41, 5.74) is 0.971. The highest BCUT2D eigenvalue weighted by atomic mass is 16.5. The van der Waals surface area contributed by atoms with Gasteiger partial charge >= 0.3 is 0 Å². The lowest BCUT2D eigenvalue weighted by molar-refractivity contribution is 0.359. The minimum absolute atomic E-state index is 0.313. The van der Waals surface area contributed by atoms with E-state index in [0.29, 0.717) is 18.1 Å². The highest BCUT2D eigenvalue weighted by Gasteiger charge is 2.01. The van der Waals surface area contributed by atoms with E-state index in [0.717, 1.165) is 18.4 Å². The molecule has 14 heavy (non-hydrogen) atoms. The van der Waals surface area contributed by atoms with Crippen LogP contribution >= 0.6 is 0 Å². The first-order chi connectivity index (χ1) is 6.77. The molecule has 2 heteroatoms. The first kappa shape index (κ1) is 10.6. The summed E-state index contributed by atoms with van der Waals surface area (Å²) in [6.45, 7) is 6.11. The Kier molecular flexibility index (Phi) is 4.05. The smallest absolute Gasteiger partial charge is 0.123 e. The standard InChI is InChI=1S/C12H16O2/c1-3-5-10-6-7-11(9-12(10)13)14-8-4-2/h4,6-7,9,13H,2-3,5,8H2,1H3. The zero-order chi connectivity index (χ0) is 10.4. The molecule has 1 N–H and O–H groups in total. The molecule has 0 atom stereocenters. The van der Waals surface area contributed by atoms with Crippen LogP contribution in [0.2, 0.25) is 0 Å². The van der Waals surface area contributed by atoms with Gasteiger partial charge in [0, 0.05) is 6.07 Å². The number of benzene rings is 1. The molecule has 0 unspecified atom stereocenters. The van der Waals surface area contributed by atoms with Gasteiger partial charge in [-0.15, -0.1) is 0 Å². The van der Waals surface area contributed by atoms with Gasteiger partial charge in [-0.2, -0.15) is 0 Å². The fraction of sp³-hybridized carbons (Fsp3) is 0.333. The van der Waals surface area contributed by atoms with Gasteiger partial charge in [0.05, 0.1) is 0 Å². The van der Waals surface area contributed by atoms with Crippen LogP contribution in [0, 0.1) is 0 Å². The van der Waals surface area contributed by atoms with Crippen molar-refractivity contribution >= 4 is 0 Å². The Balaban J connectivity index is 2.72. The van der Waals surface area contributed by atoms with E-state index in [1.54, 1.807) is 12.1 Å². The van der Waals surface area contributed by atoms with Gasteiger partial charge in [0.1, 0.15) is 18.1 Å². The Labute approximate surface area is 84.8 Å². The number of phenolic OH excluding ortho intramolecular Hbond substituents is 1. The number of aromatic hydroxyl groups is 1. The normalized spacial score (nSPS) is 9.79. The summed E-state index contributed by atoms with van der Waals surface area (Å²) in [7, 11) is 0. The van der Waals surface area contributed by atoms with Crippen LogP contribution in [0.5, 0.6) is 11.5 Å². The maximum atomic E-state index is 9.62. The summed E-state index contributed by atoms with van der Waals surface area (Å²) in [6, 6.07) is 5.42. The number of ether oxygens (including phenoxy) is 1. The summed E-state index contributed by atoms with van der Waals surface area (Å²) in [4.78, 5) is 0. The number of rotatable bonds is 5. The highest BCUT2D eigenvalue weighted by Crippen LogP contribution is 2.24. The Bertz CT molecular complexity index is 305. The van der Waals surface area contributed by atoms with E-state index in [1.807, 2.05) is 12.1 Å². The average molecular weight is 192 g/mol. The second-order valence-electron chi connectivity index (χ2n) is 3.14. The van der Waals surface area contributed by atoms with Gasteiger partial charge < -0.3 is 9.84 Å². The van der Waals surface area contributed by atoms with Gasteiger partial charge in [0.15, 0.2) is 0 Å². The fourth-order valence-electron chi connectivity index (χ4n) is 1.27. The zero-order valence-electron chi connectivity index (χ0n) is 8.49. The maximum absolute atomic E-state index is 9.62. The highest BCUT2D eigenvalue weighted by molar-refractivity contribution is 5.39. The first-order valence-corrected chi connectivity index (χ1v) is 4.83. The molecule has 0 fully saturated rings. The predicted octanol–water partition coefficient (Wildman–Crippen LogP) is 2.91. The number of phenols is 1. The Hall–Kier alpha value is -1.44. The van der Waals surface area contributed by atoms with Gasteiger partial charge in [-0.25, -0.2) is 0 Å². The lowest BCUT2D eigenvalue weighted by Gasteiger charge is -2.06. The van der Waals surface area contributed by atoms with Gasteiger partial charge in [-0.05, 0) is 18.1 Å². The van der Waals surface area contributed by atoms with E-state index < -0.39 is 0 Å². The van der Waals surface area contributed by atoms with E-state index in [9.17, 15) is 5.11 Å². The van der Waals surface area contributed by atoms with Crippen molar-refractivity contribution in [1.82, 2.24) is 0 Å². The molecule has 0 aromatic heterocycles. The van der Waals surface area contributed by atoms with E-state index >= 15 is 0 Å². The van der Waals surface area contributed by atoms with E-state index in [4.69, 9.17) is 4.74 Å². The van der Waals surface area contributed by atoms with Crippen molar-refractivity contribution in [3.8, 4) is 11.5 Å². The fourth-order valence-corrected chi connectivity index (χ4v) is 1.27. The third kappa shape index (κ3) is 2.80. The molecule has 1 aromatic carbocycles. The molecule has 0 aliphatic heterocycles. The molecular formula is C12H16O2. The molecule has 0 spiro atoms. The van der Waals surface area contributed by atoms with Crippen LogP contribution in [0.1, 0.15) is 18.9 Å². The van der Waals surface area contributed by atoms with E-state index in [-0.39, 0.29) is 0 Å². The SMILES string of the molecule is C=CCOc1ccc(CCC)c(O)c1. The molecule has 0 radical (unpaired) electrons. The molecule has 0 amide bonds. The largest absolute Gasteiger partial charge is 0.508 e. The summed E-state index contributed by atoms with van der Waals surface area (Å²) >= 11 is 0. The minimum Gasteiger partial charge on any atom is -0.508 e. The molecule has 0 heterocycles. The minimum atomic E-state index is 0.313. The van der Waals surface area contributed by atoms with Crippen molar-refractivity contribution in [2.75, 3.05) is 6.61 Å². The molecule has 0 aliphatic carbocycles. The number of hydrogen-bond donors (Lipinski definition) is 1. The Morgan fingerprint density at radius 1 is 1.50 bits per heavy atom. The van der Waals surface area contributed by atoms with Gasteiger partial charge in [-0.3, -0.25) is 0 Å². The average Bonchev–Trinajstić information content (AvgIpc) is 2.19. The molecule has 2 nitrogen and oxygen atoms in total. The van der Waals surface area contributed by atoms with E-state index in [1.165, 1.54) is 0 Å². The molecule has 1 aromatic rings. The molecule has 0 saturated heterocycles. The second kappa shape index (κ2) is 5.32. The van der Waals surface area contributed by atoms with Gasteiger partial charge in [-0.1, -0.05) is 32.1 Å². The summed E-state index contributed by atoms with van der Waals surface area (Å²) in [5, 5.41) is 9.62. The monoisotopic (exact) mass is 192 g/mol. The topological polar surface area (TPSA) is 29.5 Å². The van der Waals surface area contributed by atoms with Crippen LogP contribution < -0.4 is 4.74 Å². The summed E-state index contributed by atoms with van der Waals surface area (Å²) in [5.74, 6) is 0.996. The predicted molar refractivity (Wildman–Crippen MR) is 57.8 cm³/mol. The number of hydrogen-bond acceptors (Lipinski definition) is 2. The lowest BCUT2D eigenvalue weighted by atomic mass is 10.1. The summed E-state index contributed by atoms with van der Waals surface area (Å²) in [6.07, 6.45) is 3.60. The third-order valence-corrected chi connectivity index (χ3v) is 1.94. The van der Waals surface area contributed by atoms with Crippen molar-refractivity contribution in [3.05, 3.63) is 36.4 Å². The molecule has 0 aliphatic rings. The maximum Gasteiger partial charge on any atom is 0.123 e. The van der Waals surface area contributed by atoms with Gasteiger partial charge in [0.2, 0.25) is 0 Å². The Morgan fingerprint density at radius 2 is 2.29 bits per heavy atom. The molecule has 76 valence electrons. The van der Waals surface area contributed by atoms with Crippen LogP contribution in [0.3, 0.4) is 0 Å². The molecule has 0 saturated carbocycles. The van der Waals surface area contributed by atoms with Crippen LogP contribution in [-0.4, -0.2) is 11.7 Å². The second-order valence-corrected chi connectivity index (χ2v) is 3.14. The van der Waals surface area contributed by atoms with Crippen LogP contribution in [0.25, 0.3) is 0 Å². The quantitative estimate of drug-likeness (QED) is 0.727. The first-order valence-electron chi connectivity index (χ1n) is 4.83. The van der Waals surface area contributed by atoms with Crippen molar-refractivity contribution in [2.45, 2.75) is 19.8 Å². The molecule has 0 bridgehead atoms. The zero-order valence-corrected chi connectivity index (χ0v) is 8.49. The van der Waals surface area contributed by atoms with E-state index in [2.05, 4.69) is 13.5 Å². The van der Waals surface area contributed by atoms with Crippen molar-refractivity contribution in [2.24, 2.45) is 0 Å². The lowest BCUT2D eigenvalue weighted by Crippen LogP contribution is -1.93. The summed E-state index contributed by atoms with van der Waals surface area (Å²) < 4.78 is 5.29. The molecule has 1 rings (SSSR count). The van der Waals surface area contributed by atoms with Crippen molar-refractivity contribution < 1.29 is 9.84 Å². The van der Waals surface area contributed by atoms with Crippen LogP contribution in [0.15, 0.2) is 30.9 Å². The van der Waals surface area contributed by atoms with Crippen LogP contribution in [0.4, 0.5) is 0 Å². The van der Waals surface area contributed by atoms with Gasteiger partial charge in [0.25, 0.3) is 0 Å². The van der Waals surface area contributed by atoms with Crippen molar-refractivity contribution in [1.29, 1.82) is 0 Å².